The Morgan fingerprint density at radius 3 is 1.97 bits per heavy atom. The predicted molar refractivity (Wildman–Crippen MR) is 112 cm³/mol. The van der Waals surface area contributed by atoms with E-state index in [1.54, 1.807) is 73.2 Å². The Bertz CT molecular complexity index is 1130. The molecule has 3 aromatic carbocycles. The fourth-order valence-corrected chi connectivity index (χ4v) is 3.43. The number of Topliss-reactive ketones (excluding diaryl/α,β-unsaturated/α-hetero) is 2. The molecule has 0 aliphatic rings. The van der Waals surface area contributed by atoms with Crippen molar-refractivity contribution in [2.75, 3.05) is 6.61 Å². The number of carbonyl (C=O) groups is 2. The molecule has 0 bridgehead atoms. The highest BCUT2D eigenvalue weighted by Crippen LogP contribution is 2.34. The average molecular weight is 410 g/mol. The van der Waals surface area contributed by atoms with Crippen molar-refractivity contribution >= 4 is 11.6 Å². The maximum absolute atomic E-state index is 13.8. The summed E-state index contributed by atoms with van der Waals surface area (Å²) in [6.07, 6.45) is 3.01. The Hall–Kier alpha value is -4.42. The highest BCUT2D eigenvalue weighted by atomic mass is 16.5. The van der Waals surface area contributed by atoms with Gasteiger partial charge in [0, 0.05) is 17.5 Å². The van der Waals surface area contributed by atoms with Gasteiger partial charge in [-0.1, -0.05) is 60.7 Å². The van der Waals surface area contributed by atoms with Crippen LogP contribution in [0.1, 0.15) is 32.7 Å². The molecule has 0 heterocycles. The van der Waals surface area contributed by atoms with Crippen LogP contribution >= 0.6 is 0 Å². The Morgan fingerprint density at radius 1 is 0.774 bits per heavy atom. The molecule has 31 heavy (non-hydrogen) atoms. The van der Waals surface area contributed by atoms with Crippen LogP contribution in [0.15, 0.2) is 84.9 Å². The van der Waals surface area contributed by atoms with Gasteiger partial charge in [-0.05, 0) is 29.8 Å². The first-order valence-electron chi connectivity index (χ1n) is 9.46. The van der Waals surface area contributed by atoms with Gasteiger partial charge in [-0.15, -0.1) is 5.26 Å². The lowest BCUT2D eigenvalue weighted by Gasteiger charge is -2.31. The Morgan fingerprint density at radius 2 is 1.39 bits per heavy atom. The molecule has 3 aromatic rings. The fourth-order valence-electron chi connectivity index (χ4n) is 3.43. The second-order valence-electron chi connectivity index (χ2n) is 6.84. The Kier molecular flexibility index (Phi) is 6.78. The molecule has 0 saturated carbocycles. The number of benzene rings is 3. The first-order chi connectivity index (χ1) is 15.1. The zero-order valence-corrected chi connectivity index (χ0v) is 16.5. The zero-order valence-electron chi connectivity index (χ0n) is 16.5. The van der Waals surface area contributed by atoms with E-state index in [9.17, 15) is 9.59 Å². The summed E-state index contributed by atoms with van der Waals surface area (Å²) in [6.45, 7) is -0.290. The van der Waals surface area contributed by atoms with Crippen molar-refractivity contribution in [3.8, 4) is 18.3 Å². The van der Waals surface area contributed by atoms with Crippen molar-refractivity contribution in [3.63, 3.8) is 0 Å². The molecule has 0 amide bonds. The highest BCUT2D eigenvalue weighted by molar-refractivity contribution is 6.09. The lowest BCUT2D eigenvalue weighted by atomic mass is 9.71. The minimum Gasteiger partial charge on any atom is -0.426 e. The number of ether oxygens (including phenoxy) is 2. The van der Waals surface area contributed by atoms with Gasteiger partial charge in [0.25, 0.3) is 12.5 Å². The van der Waals surface area contributed by atoms with Crippen LogP contribution in [0.25, 0.3) is 0 Å². The maximum atomic E-state index is 13.8. The number of carbonyl (C=O) groups excluding carboxylic acids is 2. The van der Waals surface area contributed by atoms with Crippen molar-refractivity contribution < 1.29 is 19.1 Å². The molecule has 152 valence electrons. The van der Waals surface area contributed by atoms with Gasteiger partial charge >= 0.3 is 0 Å². The molecule has 0 aliphatic heterocycles. The van der Waals surface area contributed by atoms with Crippen LogP contribution < -0.4 is 4.74 Å². The third-order valence-corrected chi connectivity index (χ3v) is 4.98. The van der Waals surface area contributed by atoms with Gasteiger partial charge in [0.1, 0.15) is 17.8 Å². The maximum Gasteiger partial charge on any atom is 0.292 e. The summed E-state index contributed by atoms with van der Waals surface area (Å²) in [5, 5.41) is 17.7. The molecule has 1 unspecified atom stereocenters. The summed E-state index contributed by atoms with van der Waals surface area (Å²) in [7, 11) is 0. The summed E-state index contributed by atoms with van der Waals surface area (Å²) < 4.78 is 9.83. The zero-order chi connectivity index (χ0) is 22.1. The first kappa shape index (κ1) is 21.3. The highest BCUT2D eigenvalue weighted by Gasteiger charge is 2.43. The van der Waals surface area contributed by atoms with Crippen LogP contribution in [0.4, 0.5) is 0 Å². The largest absolute Gasteiger partial charge is 0.426 e. The SMILES string of the molecule is N#COCC(CC(=O)c1ccccc1)(C(=O)c1ccc(OC#N)cc1)c1ccccc1. The molecule has 1 atom stereocenters. The van der Waals surface area contributed by atoms with Crippen molar-refractivity contribution in [1.29, 1.82) is 10.5 Å². The van der Waals surface area contributed by atoms with E-state index in [0.717, 1.165) is 0 Å². The monoisotopic (exact) mass is 410 g/mol. The molecular weight excluding hydrogens is 392 g/mol. The van der Waals surface area contributed by atoms with Crippen LogP contribution in [-0.2, 0) is 10.2 Å². The summed E-state index contributed by atoms with van der Waals surface area (Å²) in [5.41, 5.74) is -0.0830. The van der Waals surface area contributed by atoms with E-state index in [2.05, 4.69) is 0 Å². The average Bonchev–Trinajstić information content (AvgIpc) is 2.83. The van der Waals surface area contributed by atoms with Crippen molar-refractivity contribution in [2.45, 2.75) is 11.8 Å². The molecule has 0 saturated heterocycles. The van der Waals surface area contributed by atoms with E-state index in [0.29, 0.717) is 16.7 Å². The minimum atomic E-state index is -1.42. The van der Waals surface area contributed by atoms with E-state index < -0.39 is 5.41 Å². The lowest BCUT2D eigenvalue weighted by Crippen LogP contribution is -2.42. The number of ketones is 2. The van der Waals surface area contributed by atoms with Crippen molar-refractivity contribution in [1.82, 2.24) is 0 Å². The van der Waals surface area contributed by atoms with Gasteiger partial charge in [-0.2, -0.15) is 5.26 Å². The predicted octanol–water partition coefficient (Wildman–Crippen LogP) is 4.44. The molecule has 0 aliphatic carbocycles. The van der Waals surface area contributed by atoms with E-state index in [-0.39, 0.29) is 30.3 Å². The van der Waals surface area contributed by atoms with Crippen molar-refractivity contribution in [2.24, 2.45) is 0 Å². The second-order valence-corrected chi connectivity index (χ2v) is 6.84. The molecule has 0 radical (unpaired) electrons. The minimum absolute atomic E-state index is 0.183. The molecule has 0 fully saturated rings. The third-order valence-electron chi connectivity index (χ3n) is 4.98. The number of nitriles is 2. The van der Waals surface area contributed by atoms with Gasteiger partial charge in [0.05, 0.1) is 0 Å². The van der Waals surface area contributed by atoms with Crippen LogP contribution in [0.3, 0.4) is 0 Å². The van der Waals surface area contributed by atoms with Gasteiger partial charge in [0.15, 0.2) is 11.6 Å². The summed E-state index contributed by atoms with van der Waals surface area (Å²) in [5.74, 6) is -0.330. The second kappa shape index (κ2) is 9.87. The topological polar surface area (TPSA) is 100 Å². The summed E-state index contributed by atoms with van der Waals surface area (Å²) in [4.78, 5) is 26.9. The smallest absolute Gasteiger partial charge is 0.292 e. The Balaban J connectivity index is 2.09. The quantitative estimate of drug-likeness (QED) is 0.382. The number of nitrogens with zero attached hydrogens (tertiary/aromatic N) is 2. The molecule has 6 heteroatoms. The number of hydrogen-bond acceptors (Lipinski definition) is 6. The lowest BCUT2D eigenvalue weighted by molar-refractivity contribution is 0.0721. The van der Waals surface area contributed by atoms with Crippen LogP contribution in [-0.4, -0.2) is 18.2 Å². The third kappa shape index (κ3) is 4.77. The first-order valence-corrected chi connectivity index (χ1v) is 9.46. The molecular formula is C25H18N2O4. The Labute approximate surface area is 179 Å². The van der Waals surface area contributed by atoms with Gasteiger partial charge < -0.3 is 9.47 Å². The van der Waals surface area contributed by atoms with Crippen LogP contribution in [0, 0.1) is 23.0 Å². The van der Waals surface area contributed by atoms with Gasteiger partial charge in [0.2, 0.25) is 0 Å². The van der Waals surface area contributed by atoms with Gasteiger partial charge in [-0.25, -0.2) is 0 Å². The summed E-state index contributed by atoms with van der Waals surface area (Å²) in [6, 6.07) is 23.5. The van der Waals surface area contributed by atoms with Gasteiger partial charge in [-0.3, -0.25) is 9.59 Å². The number of rotatable bonds is 9. The van der Waals surface area contributed by atoms with E-state index >= 15 is 0 Å². The van der Waals surface area contributed by atoms with Crippen LogP contribution in [0.5, 0.6) is 5.75 Å². The molecule has 0 aromatic heterocycles. The molecule has 6 nitrogen and oxygen atoms in total. The normalized spacial score (nSPS) is 11.9. The standard InChI is InChI=1S/C25H18N2O4/c26-17-30-16-25(21-9-5-2-6-10-21,15-23(28)19-7-3-1-4-8-19)24(29)20-11-13-22(14-12-20)31-18-27/h1-14H,15-16H2. The summed E-state index contributed by atoms with van der Waals surface area (Å²) >= 11 is 0. The van der Waals surface area contributed by atoms with E-state index in [4.69, 9.17) is 20.0 Å². The fraction of sp³-hybridized carbons (Fsp3) is 0.120. The molecule has 0 N–H and O–H groups in total. The van der Waals surface area contributed by atoms with E-state index in [1.807, 2.05) is 0 Å². The number of hydrogen-bond donors (Lipinski definition) is 0. The van der Waals surface area contributed by atoms with Crippen LogP contribution in [0.2, 0.25) is 0 Å². The molecule has 0 spiro atoms. The van der Waals surface area contributed by atoms with E-state index in [1.165, 1.54) is 24.3 Å². The van der Waals surface area contributed by atoms with Crippen molar-refractivity contribution in [3.05, 3.63) is 102 Å². The molecule has 3 rings (SSSR count).